The van der Waals surface area contributed by atoms with Crippen LogP contribution in [0, 0.1) is 5.92 Å². The molecule has 2 aromatic heterocycles. The summed E-state index contributed by atoms with van der Waals surface area (Å²) in [6, 6.07) is 4.01. The van der Waals surface area contributed by atoms with Gasteiger partial charge < -0.3 is 9.88 Å². The Morgan fingerprint density at radius 1 is 1.50 bits per heavy atom. The van der Waals surface area contributed by atoms with Gasteiger partial charge >= 0.3 is 0 Å². The van der Waals surface area contributed by atoms with E-state index in [1.54, 1.807) is 0 Å². The molecule has 0 amide bonds. The van der Waals surface area contributed by atoms with Gasteiger partial charge in [-0.05, 0) is 37.6 Å². The van der Waals surface area contributed by atoms with E-state index in [1.165, 1.54) is 6.42 Å². The minimum absolute atomic E-state index is 0.438. The molecule has 96 valence electrons. The molecule has 1 N–H and O–H groups in total. The van der Waals surface area contributed by atoms with E-state index in [4.69, 9.17) is 4.98 Å². The lowest BCUT2D eigenvalue weighted by Crippen LogP contribution is -2.17. The zero-order chi connectivity index (χ0) is 12.5. The summed E-state index contributed by atoms with van der Waals surface area (Å²) in [6.45, 7) is 7.69. The van der Waals surface area contributed by atoms with Crippen LogP contribution in [0.25, 0.3) is 11.2 Å². The average Bonchev–Trinajstić information content (AvgIpc) is 2.98. The highest BCUT2D eigenvalue weighted by atomic mass is 15.1. The van der Waals surface area contributed by atoms with Crippen molar-refractivity contribution in [3.8, 4) is 0 Å². The molecule has 0 saturated carbocycles. The maximum atomic E-state index is 4.73. The monoisotopic (exact) mass is 244 g/mol. The Kier molecular flexibility index (Phi) is 3.04. The zero-order valence-corrected chi connectivity index (χ0v) is 11.1. The molecule has 3 rings (SSSR count). The molecule has 1 fully saturated rings. The van der Waals surface area contributed by atoms with Crippen LogP contribution in [0.5, 0.6) is 0 Å². The molecule has 0 radical (unpaired) electrons. The highest BCUT2D eigenvalue weighted by Gasteiger charge is 2.20. The maximum Gasteiger partial charge on any atom is 0.160 e. The van der Waals surface area contributed by atoms with E-state index in [0.717, 1.165) is 36.6 Å². The third-order valence-corrected chi connectivity index (χ3v) is 3.65. The van der Waals surface area contributed by atoms with Gasteiger partial charge in [0.15, 0.2) is 5.65 Å². The number of rotatable bonds is 3. The number of pyridine rings is 1. The lowest BCUT2D eigenvalue weighted by molar-refractivity contribution is 0.470. The third-order valence-electron chi connectivity index (χ3n) is 3.65. The summed E-state index contributed by atoms with van der Waals surface area (Å²) < 4.78 is 2.32. The first-order valence-corrected chi connectivity index (χ1v) is 6.77. The highest BCUT2D eigenvalue weighted by Crippen LogP contribution is 2.22. The van der Waals surface area contributed by atoms with E-state index in [9.17, 15) is 0 Å². The first-order valence-electron chi connectivity index (χ1n) is 6.77. The van der Waals surface area contributed by atoms with Gasteiger partial charge in [-0.25, -0.2) is 9.97 Å². The van der Waals surface area contributed by atoms with Crippen LogP contribution in [0.4, 0.5) is 0 Å². The quantitative estimate of drug-likeness (QED) is 0.899. The van der Waals surface area contributed by atoms with Crippen molar-refractivity contribution in [2.24, 2.45) is 5.92 Å². The predicted octanol–water partition coefficient (Wildman–Crippen LogP) is 2.16. The minimum atomic E-state index is 0.438. The van der Waals surface area contributed by atoms with Crippen molar-refractivity contribution in [2.45, 2.75) is 32.7 Å². The Morgan fingerprint density at radius 2 is 2.39 bits per heavy atom. The van der Waals surface area contributed by atoms with Gasteiger partial charge in [-0.1, -0.05) is 13.8 Å². The molecule has 2 aromatic rings. The van der Waals surface area contributed by atoms with Crippen molar-refractivity contribution in [2.75, 3.05) is 13.1 Å². The second-order valence-corrected chi connectivity index (χ2v) is 5.44. The van der Waals surface area contributed by atoms with Crippen LogP contribution in [0.3, 0.4) is 0 Å². The minimum Gasteiger partial charge on any atom is -0.316 e. The lowest BCUT2D eigenvalue weighted by atomic mass is 10.1. The fourth-order valence-corrected chi connectivity index (χ4v) is 2.73. The van der Waals surface area contributed by atoms with E-state index in [-0.39, 0.29) is 0 Å². The Labute approximate surface area is 107 Å². The molecular formula is C14H20N4. The summed E-state index contributed by atoms with van der Waals surface area (Å²) in [5, 5.41) is 3.43. The van der Waals surface area contributed by atoms with Gasteiger partial charge in [-0.2, -0.15) is 0 Å². The summed E-state index contributed by atoms with van der Waals surface area (Å²) >= 11 is 0. The zero-order valence-electron chi connectivity index (χ0n) is 11.1. The largest absolute Gasteiger partial charge is 0.316 e. The molecule has 0 spiro atoms. The third kappa shape index (κ3) is 2.01. The van der Waals surface area contributed by atoms with E-state index < -0.39 is 0 Å². The Balaban J connectivity index is 2.03. The molecule has 18 heavy (non-hydrogen) atoms. The van der Waals surface area contributed by atoms with Crippen LogP contribution < -0.4 is 5.32 Å². The van der Waals surface area contributed by atoms with Crippen molar-refractivity contribution >= 4 is 11.2 Å². The number of fused-ring (bicyclic) bond motifs is 1. The summed E-state index contributed by atoms with van der Waals surface area (Å²) in [5.41, 5.74) is 2.06. The van der Waals surface area contributed by atoms with Crippen molar-refractivity contribution in [3.63, 3.8) is 0 Å². The van der Waals surface area contributed by atoms with E-state index in [0.29, 0.717) is 11.8 Å². The second kappa shape index (κ2) is 4.69. The van der Waals surface area contributed by atoms with Crippen LogP contribution in [0.2, 0.25) is 0 Å². The first-order chi connectivity index (χ1) is 8.75. The standard InChI is InChI=1S/C14H20N4/c1-10(2)13-17-12-4-3-6-16-14(12)18(13)9-11-5-7-15-8-11/h3-4,6,10-11,15H,5,7-9H2,1-2H3. The van der Waals surface area contributed by atoms with Crippen LogP contribution in [-0.2, 0) is 6.54 Å². The van der Waals surface area contributed by atoms with Crippen molar-refractivity contribution in [3.05, 3.63) is 24.2 Å². The average molecular weight is 244 g/mol. The fraction of sp³-hybridized carbons (Fsp3) is 0.571. The van der Waals surface area contributed by atoms with Crippen LogP contribution in [-0.4, -0.2) is 27.6 Å². The highest BCUT2D eigenvalue weighted by molar-refractivity contribution is 5.71. The van der Waals surface area contributed by atoms with Gasteiger partial charge in [0.2, 0.25) is 0 Å². The van der Waals surface area contributed by atoms with E-state index >= 15 is 0 Å². The normalized spacial score (nSPS) is 20.1. The number of nitrogens with zero attached hydrogens (tertiary/aromatic N) is 3. The molecule has 1 saturated heterocycles. The molecule has 1 unspecified atom stereocenters. The summed E-state index contributed by atoms with van der Waals surface area (Å²) in [5.74, 6) is 2.31. The van der Waals surface area contributed by atoms with Gasteiger partial charge in [0.25, 0.3) is 0 Å². The molecule has 0 aliphatic carbocycles. The maximum absolute atomic E-state index is 4.73. The summed E-state index contributed by atoms with van der Waals surface area (Å²) in [7, 11) is 0. The first kappa shape index (κ1) is 11.7. The molecule has 0 bridgehead atoms. The SMILES string of the molecule is CC(C)c1nc2cccnc2n1CC1CCNC1. The molecule has 0 aromatic carbocycles. The lowest BCUT2D eigenvalue weighted by Gasteiger charge is -2.14. The number of aromatic nitrogens is 3. The molecule has 3 heterocycles. The van der Waals surface area contributed by atoms with Crippen LogP contribution >= 0.6 is 0 Å². The van der Waals surface area contributed by atoms with Crippen LogP contribution in [0.1, 0.15) is 32.0 Å². The topological polar surface area (TPSA) is 42.7 Å². The predicted molar refractivity (Wildman–Crippen MR) is 72.6 cm³/mol. The van der Waals surface area contributed by atoms with Gasteiger partial charge in [-0.3, -0.25) is 0 Å². The second-order valence-electron chi connectivity index (χ2n) is 5.44. The smallest absolute Gasteiger partial charge is 0.160 e. The Hall–Kier alpha value is -1.42. The van der Waals surface area contributed by atoms with Crippen LogP contribution in [0.15, 0.2) is 18.3 Å². The molecular weight excluding hydrogens is 224 g/mol. The Bertz CT molecular complexity index is 538. The van der Waals surface area contributed by atoms with Crippen molar-refractivity contribution in [1.29, 1.82) is 0 Å². The fourth-order valence-electron chi connectivity index (χ4n) is 2.73. The van der Waals surface area contributed by atoms with Gasteiger partial charge in [0, 0.05) is 18.7 Å². The van der Waals surface area contributed by atoms with E-state index in [1.807, 2.05) is 12.3 Å². The Morgan fingerprint density at radius 3 is 3.11 bits per heavy atom. The van der Waals surface area contributed by atoms with Gasteiger partial charge in [0.05, 0.1) is 0 Å². The number of imidazole rings is 1. The molecule has 4 nitrogen and oxygen atoms in total. The van der Waals surface area contributed by atoms with Crippen molar-refractivity contribution in [1.82, 2.24) is 19.9 Å². The number of hydrogen-bond donors (Lipinski definition) is 1. The summed E-state index contributed by atoms with van der Waals surface area (Å²) in [6.07, 6.45) is 3.11. The van der Waals surface area contributed by atoms with Gasteiger partial charge in [0.1, 0.15) is 11.3 Å². The summed E-state index contributed by atoms with van der Waals surface area (Å²) in [4.78, 5) is 9.24. The molecule has 4 heteroatoms. The van der Waals surface area contributed by atoms with Crippen molar-refractivity contribution < 1.29 is 0 Å². The number of nitrogens with one attached hydrogen (secondary N) is 1. The number of hydrogen-bond acceptors (Lipinski definition) is 3. The molecule has 1 aliphatic rings. The molecule has 1 aliphatic heterocycles. The van der Waals surface area contributed by atoms with E-state index in [2.05, 4.69) is 34.8 Å². The molecule has 1 atom stereocenters. The van der Waals surface area contributed by atoms with Gasteiger partial charge in [-0.15, -0.1) is 0 Å².